The van der Waals surface area contributed by atoms with Crippen molar-refractivity contribution in [3.63, 3.8) is 0 Å². The van der Waals surface area contributed by atoms with Crippen LogP contribution in [0.2, 0.25) is 0 Å². The van der Waals surface area contributed by atoms with Crippen LogP contribution < -0.4 is 27.0 Å². The Hall–Kier alpha value is -3.55. The summed E-state index contributed by atoms with van der Waals surface area (Å²) in [5.41, 5.74) is 14.5. The number of nitrogens with zero attached hydrogens (tertiary/aromatic N) is 4. The van der Waals surface area contributed by atoms with Crippen LogP contribution in [0.25, 0.3) is 0 Å². The van der Waals surface area contributed by atoms with Gasteiger partial charge in [-0.3, -0.25) is 0 Å². The Kier molecular flexibility index (Phi) is 4.51. The van der Waals surface area contributed by atoms with Gasteiger partial charge in [-0.15, -0.1) is 0 Å². The minimum absolute atomic E-state index is 0.413. The van der Waals surface area contributed by atoms with Gasteiger partial charge in [0.2, 0.25) is 17.8 Å². The number of rotatable bonds is 5. The van der Waals surface area contributed by atoms with E-state index in [1.165, 1.54) is 0 Å². The van der Waals surface area contributed by atoms with E-state index in [2.05, 4.69) is 25.6 Å². The van der Waals surface area contributed by atoms with Gasteiger partial charge in [0.1, 0.15) is 0 Å². The summed E-state index contributed by atoms with van der Waals surface area (Å²) >= 11 is 0. The van der Waals surface area contributed by atoms with E-state index in [9.17, 15) is 0 Å². The minimum Gasteiger partial charge on any atom is -0.399 e. The number of nitrogens with one attached hydrogen (secondary N) is 2. The standard InChI is InChI=1S/C17H20N8/c1-25(2)17-23-15(20-13-7-3-5-11(18)9-13)22-16(24-17)21-14-8-4-6-12(19)10-14/h3-10H,18-19H2,1-2H3,(H2,20,21,22,23,24). The average Bonchev–Trinajstić information content (AvgIpc) is 2.54. The molecule has 0 saturated heterocycles. The number of aromatic nitrogens is 3. The molecule has 0 aliphatic heterocycles. The molecule has 0 aliphatic carbocycles. The molecule has 0 amide bonds. The number of hydrogen-bond donors (Lipinski definition) is 4. The van der Waals surface area contributed by atoms with E-state index in [0.29, 0.717) is 29.2 Å². The van der Waals surface area contributed by atoms with Crippen molar-refractivity contribution in [1.29, 1.82) is 0 Å². The lowest BCUT2D eigenvalue weighted by atomic mass is 10.3. The van der Waals surface area contributed by atoms with E-state index < -0.39 is 0 Å². The van der Waals surface area contributed by atoms with Crippen LogP contribution in [0, 0.1) is 0 Å². The highest BCUT2D eigenvalue weighted by atomic mass is 15.3. The molecule has 8 heteroatoms. The van der Waals surface area contributed by atoms with E-state index in [0.717, 1.165) is 11.4 Å². The molecule has 0 saturated carbocycles. The third-order valence-electron chi connectivity index (χ3n) is 3.31. The van der Waals surface area contributed by atoms with Gasteiger partial charge in [-0.05, 0) is 36.4 Å². The number of nitrogen functional groups attached to an aromatic ring is 2. The van der Waals surface area contributed by atoms with E-state index in [-0.39, 0.29) is 0 Å². The zero-order valence-corrected chi connectivity index (χ0v) is 14.1. The maximum Gasteiger partial charge on any atom is 0.233 e. The molecule has 3 rings (SSSR count). The summed E-state index contributed by atoms with van der Waals surface area (Å²) in [6.45, 7) is 0. The van der Waals surface area contributed by atoms with Crippen LogP contribution in [0.4, 0.5) is 40.6 Å². The molecule has 0 radical (unpaired) electrons. The lowest BCUT2D eigenvalue weighted by Crippen LogP contribution is -2.15. The zero-order valence-electron chi connectivity index (χ0n) is 14.1. The fourth-order valence-corrected chi connectivity index (χ4v) is 2.17. The molecule has 128 valence electrons. The van der Waals surface area contributed by atoms with E-state index in [4.69, 9.17) is 11.5 Å². The molecule has 1 heterocycles. The Morgan fingerprint density at radius 1 is 0.760 bits per heavy atom. The van der Waals surface area contributed by atoms with Crippen LogP contribution in [0.1, 0.15) is 0 Å². The molecule has 0 fully saturated rings. The molecular weight excluding hydrogens is 316 g/mol. The molecule has 8 nitrogen and oxygen atoms in total. The van der Waals surface area contributed by atoms with Gasteiger partial charge in [-0.2, -0.15) is 15.0 Å². The van der Waals surface area contributed by atoms with Gasteiger partial charge in [0.05, 0.1) is 0 Å². The number of anilines is 7. The summed E-state index contributed by atoms with van der Waals surface area (Å²) < 4.78 is 0. The van der Waals surface area contributed by atoms with Crippen molar-refractivity contribution in [3.05, 3.63) is 48.5 Å². The zero-order chi connectivity index (χ0) is 17.8. The molecule has 2 aromatic carbocycles. The number of hydrogen-bond acceptors (Lipinski definition) is 8. The summed E-state index contributed by atoms with van der Waals surface area (Å²) in [7, 11) is 3.73. The van der Waals surface area contributed by atoms with Crippen LogP contribution >= 0.6 is 0 Å². The highest BCUT2D eigenvalue weighted by Gasteiger charge is 2.09. The van der Waals surface area contributed by atoms with Crippen LogP contribution in [-0.4, -0.2) is 29.0 Å². The van der Waals surface area contributed by atoms with Crippen molar-refractivity contribution in [2.45, 2.75) is 0 Å². The van der Waals surface area contributed by atoms with Gasteiger partial charge in [0.25, 0.3) is 0 Å². The lowest BCUT2D eigenvalue weighted by Gasteiger charge is -2.14. The lowest BCUT2D eigenvalue weighted by molar-refractivity contribution is 0.966. The molecule has 25 heavy (non-hydrogen) atoms. The Balaban J connectivity index is 1.91. The van der Waals surface area contributed by atoms with Crippen molar-refractivity contribution in [3.8, 4) is 0 Å². The second-order valence-corrected chi connectivity index (χ2v) is 5.68. The smallest absolute Gasteiger partial charge is 0.233 e. The van der Waals surface area contributed by atoms with Crippen LogP contribution in [0.15, 0.2) is 48.5 Å². The minimum atomic E-state index is 0.413. The van der Waals surface area contributed by atoms with E-state index in [1.54, 1.807) is 4.90 Å². The Morgan fingerprint density at radius 2 is 1.24 bits per heavy atom. The highest BCUT2D eigenvalue weighted by Crippen LogP contribution is 2.21. The number of nitrogens with two attached hydrogens (primary N) is 2. The third kappa shape index (κ3) is 4.25. The molecule has 6 N–H and O–H groups in total. The maximum absolute atomic E-state index is 5.81. The molecular formula is C17H20N8. The first-order valence-electron chi connectivity index (χ1n) is 7.68. The first-order valence-corrected chi connectivity index (χ1v) is 7.68. The van der Waals surface area contributed by atoms with Gasteiger partial charge in [-0.25, -0.2) is 0 Å². The SMILES string of the molecule is CN(C)c1nc(Nc2cccc(N)c2)nc(Nc2cccc(N)c2)n1. The Bertz CT molecular complexity index is 812. The monoisotopic (exact) mass is 336 g/mol. The Labute approximate surface area is 145 Å². The third-order valence-corrected chi connectivity index (χ3v) is 3.31. The molecule has 1 aromatic heterocycles. The fourth-order valence-electron chi connectivity index (χ4n) is 2.17. The van der Waals surface area contributed by atoms with Crippen LogP contribution in [0.5, 0.6) is 0 Å². The predicted molar refractivity (Wildman–Crippen MR) is 102 cm³/mol. The van der Waals surface area contributed by atoms with Gasteiger partial charge < -0.3 is 27.0 Å². The molecule has 3 aromatic rings. The van der Waals surface area contributed by atoms with E-state index in [1.807, 2.05) is 62.6 Å². The van der Waals surface area contributed by atoms with Crippen molar-refractivity contribution in [2.24, 2.45) is 0 Å². The van der Waals surface area contributed by atoms with Crippen molar-refractivity contribution in [1.82, 2.24) is 15.0 Å². The van der Waals surface area contributed by atoms with Gasteiger partial charge in [0.15, 0.2) is 0 Å². The number of benzene rings is 2. The highest BCUT2D eigenvalue weighted by molar-refractivity contribution is 5.63. The first kappa shape index (κ1) is 16.3. The molecule has 0 unspecified atom stereocenters. The largest absolute Gasteiger partial charge is 0.399 e. The van der Waals surface area contributed by atoms with Crippen molar-refractivity contribution >= 4 is 40.6 Å². The Morgan fingerprint density at radius 3 is 1.64 bits per heavy atom. The first-order chi connectivity index (χ1) is 12.0. The summed E-state index contributed by atoms with van der Waals surface area (Å²) in [6.07, 6.45) is 0. The van der Waals surface area contributed by atoms with Crippen molar-refractivity contribution < 1.29 is 0 Å². The second kappa shape index (κ2) is 6.91. The maximum atomic E-state index is 5.81. The summed E-state index contributed by atoms with van der Waals surface area (Å²) in [6, 6.07) is 14.7. The van der Waals surface area contributed by atoms with E-state index >= 15 is 0 Å². The average molecular weight is 336 g/mol. The molecule has 0 atom stereocenters. The van der Waals surface area contributed by atoms with Crippen LogP contribution in [-0.2, 0) is 0 Å². The molecule has 0 bridgehead atoms. The topological polar surface area (TPSA) is 118 Å². The molecule has 0 aliphatic rings. The molecule has 0 spiro atoms. The van der Waals surface area contributed by atoms with Gasteiger partial charge in [0, 0.05) is 36.8 Å². The van der Waals surface area contributed by atoms with Gasteiger partial charge >= 0.3 is 0 Å². The summed E-state index contributed by atoms with van der Waals surface area (Å²) in [4.78, 5) is 15.0. The second-order valence-electron chi connectivity index (χ2n) is 5.68. The van der Waals surface area contributed by atoms with Gasteiger partial charge in [-0.1, -0.05) is 12.1 Å². The summed E-state index contributed by atoms with van der Waals surface area (Å²) in [5.74, 6) is 1.35. The van der Waals surface area contributed by atoms with Crippen molar-refractivity contribution in [2.75, 3.05) is 41.1 Å². The fraction of sp³-hybridized carbons (Fsp3) is 0.118. The quantitative estimate of drug-likeness (QED) is 0.525. The summed E-state index contributed by atoms with van der Waals surface area (Å²) in [5, 5.41) is 6.29. The normalized spacial score (nSPS) is 10.3. The van der Waals surface area contributed by atoms with Crippen LogP contribution in [0.3, 0.4) is 0 Å². The predicted octanol–water partition coefficient (Wildman–Crippen LogP) is 2.59.